The molecule has 0 saturated heterocycles. The van der Waals surface area contributed by atoms with Gasteiger partial charge in [0.25, 0.3) is 0 Å². The summed E-state index contributed by atoms with van der Waals surface area (Å²) in [4.78, 5) is 239. The molecule has 46 heteroatoms. The number of guanidine groups is 1. The summed E-state index contributed by atoms with van der Waals surface area (Å²) in [5, 5.41) is 95.4. The van der Waals surface area contributed by atoms with Gasteiger partial charge in [0.1, 0.15) is 90.6 Å². The van der Waals surface area contributed by atoms with Crippen LogP contribution < -0.4 is 108 Å². The lowest BCUT2D eigenvalue weighted by molar-refractivity contribution is -0.142. The second kappa shape index (κ2) is 51.2. The van der Waals surface area contributed by atoms with Gasteiger partial charge in [-0.15, -0.1) is 0 Å². The van der Waals surface area contributed by atoms with Gasteiger partial charge in [-0.1, -0.05) is 64.4 Å². The van der Waals surface area contributed by atoms with Crippen LogP contribution in [0.2, 0.25) is 0 Å². The normalized spacial score (nSPS) is 15.5. The minimum absolute atomic E-state index is 0.0262. The number of rotatable bonds is 53. The molecule has 17 atom stereocenters. The number of benzene rings is 1. The summed E-state index contributed by atoms with van der Waals surface area (Å²) in [6.07, 6.45) is -0.193. The molecule has 1 aromatic heterocycles. The highest BCUT2D eigenvalue weighted by atomic mass is 16.4. The number of nitrogens with two attached hydrogens (primary N) is 5. The van der Waals surface area contributed by atoms with E-state index in [0.717, 1.165) is 6.92 Å². The number of unbranched alkanes of at least 4 members (excludes halogenated alkanes) is 1. The molecule has 0 fully saturated rings. The SMILES string of the molecule is CC[C@H](C)[C@@H](NC(=O)[C@H](C)NC(=O)[C@H](CO)NC(=O)[C@H](Cc1ccccc1)NC(=O)[C@H](C)NC(=O)[C@@H](NC(=O)[C@H](CCCCN)NC(=O)[C@H](C)NC(=O)[C@H](CO)NC(=O)CNC(=O)[C@@H](N)CO)C(C)C)C(=O)N[C@@H](CCCN=C(N)N)C(=O)N[C@@H](CO)C(=O)N[C@H](C(=O)N[C@@H](CC(N)=O)C(=O)N[C@@H](Cc1cnc[nH]1)C(=O)O)[C@@H](C)O. The first-order chi connectivity index (χ1) is 54.2. The molecular formula is C69H113N23O23. The molecule has 0 spiro atoms. The van der Waals surface area contributed by atoms with Crippen molar-refractivity contribution >= 4 is 106 Å². The summed E-state index contributed by atoms with van der Waals surface area (Å²) < 4.78 is 0. The highest BCUT2D eigenvalue weighted by Crippen LogP contribution is 2.14. The van der Waals surface area contributed by atoms with Crippen molar-refractivity contribution in [2.45, 2.75) is 210 Å². The van der Waals surface area contributed by atoms with E-state index in [1.165, 1.54) is 33.3 Å². The number of aliphatic carboxylic acids is 1. The highest BCUT2D eigenvalue weighted by Gasteiger charge is 2.39. The number of hydrogen-bond donors (Lipinski definition) is 27. The monoisotopic (exact) mass is 1630 g/mol. The zero-order valence-corrected chi connectivity index (χ0v) is 65.2. The largest absolute Gasteiger partial charge is 0.480 e. The second-order valence-electron chi connectivity index (χ2n) is 27.3. The van der Waals surface area contributed by atoms with Gasteiger partial charge in [0, 0.05) is 31.3 Å². The third-order valence-electron chi connectivity index (χ3n) is 17.5. The molecule has 0 unspecified atom stereocenters. The topological polar surface area (TPSA) is 763 Å². The Bertz CT molecular complexity index is 3630. The number of aliphatic imine (C=N–C) groups is 1. The maximum absolute atomic E-state index is 14.3. The molecule has 32 N–H and O–H groups in total. The van der Waals surface area contributed by atoms with Gasteiger partial charge in [-0.2, -0.15) is 0 Å². The summed E-state index contributed by atoms with van der Waals surface area (Å²) >= 11 is 0. The lowest BCUT2D eigenvalue weighted by Gasteiger charge is -2.29. The van der Waals surface area contributed by atoms with Crippen LogP contribution in [0.5, 0.6) is 0 Å². The number of amides is 16. The number of nitrogens with one attached hydrogen (secondary N) is 16. The summed E-state index contributed by atoms with van der Waals surface area (Å²) in [5.41, 5.74) is 28.2. The van der Waals surface area contributed by atoms with E-state index in [4.69, 9.17) is 33.8 Å². The smallest absolute Gasteiger partial charge is 0.326 e. The van der Waals surface area contributed by atoms with Crippen LogP contribution in [0.15, 0.2) is 47.8 Å². The van der Waals surface area contributed by atoms with Gasteiger partial charge in [0.15, 0.2) is 5.96 Å². The van der Waals surface area contributed by atoms with E-state index < -0.39 is 248 Å². The van der Waals surface area contributed by atoms with Gasteiger partial charge in [-0.05, 0) is 83.7 Å². The third kappa shape index (κ3) is 35.6. The number of hydrogen-bond acceptors (Lipinski definition) is 26. The maximum atomic E-state index is 14.3. The van der Waals surface area contributed by atoms with Crippen molar-refractivity contribution in [1.82, 2.24) is 89.7 Å². The predicted molar refractivity (Wildman–Crippen MR) is 406 cm³/mol. The quantitative estimate of drug-likeness (QED) is 0.0166. The maximum Gasteiger partial charge on any atom is 0.326 e. The molecule has 0 aliphatic heterocycles. The Kier molecular flexibility index (Phi) is 44.3. The van der Waals surface area contributed by atoms with Gasteiger partial charge in [0.2, 0.25) is 94.5 Å². The van der Waals surface area contributed by atoms with E-state index in [2.05, 4.69) is 94.7 Å². The zero-order valence-electron chi connectivity index (χ0n) is 65.2. The van der Waals surface area contributed by atoms with Crippen molar-refractivity contribution in [2.24, 2.45) is 45.5 Å². The number of primary amides is 1. The van der Waals surface area contributed by atoms with Crippen molar-refractivity contribution in [1.29, 1.82) is 0 Å². The average Bonchev–Trinajstić information content (AvgIpc) is 0.859. The van der Waals surface area contributed by atoms with Gasteiger partial charge >= 0.3 is 5.97 Å². The lowest BCUT2D eigenvalue weighted by Crippen LogP contribution is -2.62. The van der Waals surface area contributed by atoms with Crippen LogP contribution in [0.1, 0.15) is 112 Å². The number of aliphatic hydroxyl groups is 5. The number of aromatic amines is 1. The fraction of sp³-hybridized carbons (Fsp3) is 0.609. The Labute approximate surface area is 661 Å². The molecule has 1 heterocycles. The van der Waals surface area contributed by atoms with Crippen LogP contribution >= 0.6 is 0 Å². The van der Waals surface area contributed by atoms with E-state index in [0.29, 0.717) is 12.0 Å². The molecule has 1 aromatic carbocycles. The molecule has 2 rings (SSSR count). The van der Waals surface area contributed by atoms with E-state index in [9.17, 15) is 107 Å². The van der Waals surface area contributed by atoms with Crippen LogP contribution in [0.25, 0.3) is 0 Å². The van der Waals surface area contributed by atoms with Crippen molar-refractivity contribution in [3.05, 3.63) is 54.1 Å². The minimum Gasteiger partial charge on any atom is -0.480 e. The van der Waals surface area contributed by atoms with Crippen molar-refractivity contribution in [2.75, 3.05) is 46.1 Å². The number of nitrogens with zero attached hydrogens (tertiary/aromatic N) is 2. The first-order valence-electron chi connectivity index (χ1n) is 36.8. The first-order valence-corrected chi connectivity index (χ1v) is 36.8. The first kappa shape index (κ1) is 99.5. The molecule has 0 bridgehead atoms. The molecule has 46 nitrogen and oxygen atoms in total. The van der Waals surface area contributed by atoms with Crippen molar-refractivity contribution in [3.63, 3.8) is 0 Å². The number of carboxylic acid groups (broad SMARTS) is 1. The Morgan fingerprint density at radius 1 is 0.470 bits per heavy atom. The standard InChI is InChI=1S/C69H113N23O23/c1-9-33(4)52(66(112)84-42(19-15-21-76-69(73)74)58(104)88-48(30-96)64(110)92-53(37(8)97)67(113)86-44(24-49(72)98)61(107)87-45(68(114)115)23-39-25-75-31-78-39)91-56(102)36(7)80-63(109)47(29-95)89-60(106)43(22-38-16-11-10-12-17-38)85-55(101)35(6)81-65(111)51(32(2)3)90-59(105)41(18-13-14-20-70)83-54(100)34(5)79-62(108)46(28-94)82-50(99)26-77-57(103)40(71)27-93/h10-12,16-17,25,31-37,40-48,51-53,93-97H,9,13-15,18-24,26-30,70-71H2,1-8H3,(H2,72,98)(H,75,78)(H,77,103)(H,79,108)(H,80,109)(H,81,111)(H,82,99)(H,83,100)(H,84,112)(H,85,101)(H,86,113)(H,87,107)(H,88,104)(H,89,106)(H,90,105)(H,91,102)(H,92,110)(H,114,115)(H4,73,74,76)/t33-,34-,35-,36-,37+,40-,41-,42-,43-,44-,45-,46-,47-,48-,51-,52+,53-/m0/s1. The van der Waals surface area contributed by atoms with Crippen LogP contribution in [0, 0.1) is 11.8 Å². The minimum atomic E-state index is -2.00. The number of aliphatic hydroxyl groups excluding tert-OH is 5. The van der Waals surface area contributed by atoms with Crippen molar-refractivity contribution in [3.8, 4) is 0 Å². The van der Waals surface area contributed by atoms with E-state index >= 15 is 0 Å². The molecular weight excluding hydrogens is 1520 g/mol. The van der Waals surface area contributed by atoms with Gasteiger partial charge in [-0.25, -0.2) is 9.78 Å². The Morgan fingerprint density at radius 2 is 0.896 bits per heavy atom. The summed E-state index contributed by atoms with van der Waals surface area (Å²) in [6, 6.07) is -15.9. The van der Waals surface area contributed by atoms with Gasteiger partial charge in [-0.3, -0.25) is 81.7 Å². The highest BCUT2D eigenvalue weighted by molar-refractivity contribution is 6.01. The Balaban J connectivity index is 2.31. The average molecular weight is 1630 g/mol. The predicted octanol–water partition coefficient (Wildman–Crippen LogP) is -12.3. The summed E-state index contributed by atoms with van der Waals surface area (Å²) in [6.45, 7) is 6.47. The van der Waals surface area contributed by atoms with Gasteiger partial charge in [0.05, 0.1) is 51.8 Å². The molecule has 0 aliphatic carbocycles. The molecule has 642 valence electrons. The molecule has 0 aliphatic rings. The Morgan fingerprint density at radius 3 is 1.38 bits per heavy atom. The number of imidazole rings is 1. The van der Waals surface area contributed by atoms with Crippen LogP contribution in [-0.2, 0) is 94.3 Å². The molecule has 2 aromatic rings. The Hall–Kier alpha value is -11.6. The van der Waals surface area contributed by atoms with Crippen LogP contribution in [-0.4, -0.2) is 290 Å². The lowest BCUT2D eigenvalue weighted by atomic mass is 9.97. The van der Waals surface area contributed by atoms with Crippen LogP contribution in [0.4, 0.5) is 0 Å². The second-order valence-corrected chi connectivity index (χ2v) is 27.3. The van der Waals surface area contributed by atoms with E-state index in [1.54, 1.807) is 58.0 Å². The van der Waals surface area contributed by atoms with Crippen LogP contribution in [0.3, 0.4) is 0 Å². The van der Waals surface area contributed by atoms with E-state index in [1.807, 2.05) is 0 Å². The summed E-state index contributed by atoms with van der Waals surface area (Å²) in [5.74, 6) is -20.2. The van der Waals surface area contributed by atoms with E-state index in [-0.39, 0.29) is 69.7 Å². The number of carbonyl (C=O) groups excluding carboxylic acids is 16. The number of H-pyrrole nitrogens is 1. The zero-order chi connectivity index (χ0) is 86.9. The number of aromatic nitrogens is 2. The molecule has 16 amide bonds. The molecule has 115 heavy (non-hydrogen) atoms. The van der Waals surface area contributed by atoms with Gasteiger partial charge < -0.3 is 144 Å². The third-order valence-corrected chi connectivity index (χ3v) is 17.5. The molecule has 0 radical (unpaired) electrons. The fourth-order valence-corrected chi connectivity index (χ4v) is 10.5. The number of carbonyl (C=O) groups is 17. The fourth-order valence-electron chi connectivity index (χ4n) is 10.5. The molecule has 0 saturated carbocycles. The summed E-state index contributed by atoms with van der Waals surface area (Å²) in [7, 11) is 0. The number of carboxylic acids is 1. The van der Waals surface area contributed by atoms with Crippen molar-refractivity contribution < 1.29 is 112 Å².